The fraction of sp³-hybridized carbons (Fsp3) is 0.400. The smallest absolute Gasteiger partial charge is 0.268 e. The van der Waals surface area contributed by atoms with Crippen LogP contribution in [0.25, 0.3) is 0 Å². The van der Waals surface area contributed by atoms with Crippen LogP contribution in [0.15, 0.2) is 36.5 Å². The zero-order valence-corrected chi connectivity index (χ0v) is 15.5. The van der Waals surface area contributed by atoms with E-state index in [1.807, 2.05) is 0 Å². The van der Waals surface area contributed by atoms with Gasteiger partial charge in [0, 0.05) is 37.3 Å². The standard InChI is InChI=1S/C20H23F2N3O3/c1-25-8-2-3-17(25)20(28)24-16-7-5-12(9-18(16)26)19(27)23-11-13-4-6-14(21)10-15(13)22/h2-4,6,8,10,12,16,18,26H,5,7,9,11H2,1H3,(H,23,27)(H,24,28)/t12-,16-,18-/m0/s1. The minimum absolute atomic E-state index is 0.0504. The molecular weight excluding hydrogens is 368 g/mol. The molecular formula is C20H23F2N3O3. The van der Waals surface area contributed by atoms with Crippen LogP contribution in [0.3, 0.4) is 0 Å². The van der Waals surface area contributed by atoms with E-state index < -0.39 is 29.7 Å². The van der Waals surface area contributed by atoms with E-state index in [4.69, 9.17) is 0 Å². The van der Waals surface area contributed by atoms with Crippen LogP contribution in [0, 0.1) is 17.6 Å². The summed E-state index contributed by atoms with van der Waals surface area (Å²) >= 11 is 0. The van der Waals surface area contributed by atoms with Crippen molar-refractivity contribution in [1.82, 2.24) is 15.2 Å². The molecule has 1 aliphatic carbocycles. The molecule has 1 aromatic heterocycles. The highest BCUT2D eigenvalue weighted by molar-refractivity contribution is 5.93. The van der Waals surface area contributed by atoms with Gasteiger partial charge in [0.25, 0.3) is 5.91 Å². The molecule has 2 aromatic rings. The largest absolute Gasteiger partial charge is 0.391 e. The average molecular weight is 391 g/mol. The number of aromatic nitrogens is 1. The zero-order valence-electron chi connectivity index (χ0n) is 15.5. The average Bonchev–Trinajstić information content (AvgIpc) is 3.08. The quantitative estimate of drug-likeness (QED) is 0.728. The molecule has 0 aliphatic heterocycles. The van der Waals surface area contributed by atoms with Crippen molar-refractivity contribution in [2.75, 3.05) is 0 Å². The highest BCUT2D eigenvalue weighted by Gasteiger charge is 2.34. The molecule has 6 nitrogen and oxygen atoms in total. The Morgan fingerprint density at radius 3 is 2.68 bits per heavy atom. The number of carbonyl (C=O) groups is 2. The van der Waals surface area contributed by atoms with Gasteiger partial charge in [-0.3, -0.25) is 9.59 Å². The molecule has 0 bridgehead atoms. The van der Waals surface area contributed by atoms with Crippen molar-refractivity contribution in [2.24, 2.45) is 13.0 Å². The van der Waals surface area contributed by atoms with Gasteiger partial charge < -0.3 is 20.3 Å². The fourth-order valence-corrected chi connectivity index (χ4v) is 3.48. The molecule has 8 heteroatoms. The molecule has 3 atom stereocenters. The van der Waals surface area contributed by atoms with Gasteiger partial charge in [-0.1, -0.05) is 6.07 Å². The van der Waals surface area contributed by atoms with E-state index in [2.05, 4.69) is 10.6 Å². The maximum Gasteiger partial charge on any atom is 0.268 e. The van der Waals surface area contributed by atoms with Crippen LogP contribution in [-0.4, -0.2) is 33.6 Å². The molecule has 0 saturated heterocycles. The number of carbonyl (C=O) groups excluding carboxylic acids is 2. The van der Waals surface area contributed by atoms with E-state index in [9.17, 15) is 23.5 Å². The van der Waals surface area contributed by atoms with Crippen molar-refractivity contribution in [2.45, 2.75) is 38.0 Å². The van der Waals surface area contributed by atoms with E-state index in [0.717, 1.165) is 12.1 Å². The number of rotatable bonds is 5. The van der Waals surface area contributed by atoms with Crippen LogP contribution in [0.1, 0.15) is 35.3 Å². The van der Waals surface area contributed by atoms with Gasteiger partial charge in [0.05, 0.1) is 12.1 Å². The Morgan fingerprint density at radius 1 is 1.25 bits per heavy atom. The molecule has 0 spiro atoms. The molecule has 28 heavy (non-hydrogen) atoms. The van der Waals surface area contributed by atoms with Gasteiger partial charge in [0.15, 0.2) is 0 Å². The van der Waals surface area contributed by atoms with Gasteiger partial charge in [-0.25, -0.2) is 8.78 Å². The van der Waals surface area contributed by atoms with Crippen molar-refractivity contribution in [1.29, 1.82) is 0 Å². The van der Waals surface area contributed by atoms with Crippen molar-refractivity contribution in [3.8, 4) is 0 Å². The molecule has 0 radical (unpaired) electrons. The van der Waals surface area contributed by atoms with Gasteiger partial charge in [0.1, 0.15) is 17.3 Å². The summed E-state index contributed by atoms with van der Waals surface area (Å²) in [7, 11) is 1.76. The van der Waals surface area contributed by atoms with Crippen molar-refractivity contribution < 1.29 is 23.5 Å². The van der Waals surface area contributed by atoms with Gasteiger partial charge in [-0.15, -0.1) is 0 Å². The third kappa shape index (κ3) is 4.56. The van der Waals surface area contributed by atoms with Gasteiger partial charge in [-0.2, -0.15) is 0 Å². The van der Waals surface area contributed by atoms with Crippen molar-refractivity contribution >= 4 is 11.8 Å². The number of hydrogen-bond donors (Lipinski definition) is 3. The van der Waals surface area contributed by atoms with Gasteiger partial charge >= 0.3 is 0 Å². The number of aliphatic hydroxyl groups excluding tert-OH is 1. The molecule has 3 N–H and O–H groups in total. The van der Waals surface area contributed by atoms with E-state index >= 15 is 0 Å². The third-order valence-electron chi connectivity index (χ3n) is 5.15. The molecule has 1 saturated carbocycles. The Bertz CT molecular complexity index is 868. The summed E-state index contributed by atoms with van der Waals surface area (Å²) in [4.78, 5) is 24.6. The lowest BCUT2D eigenvalue weighted by Crippen LogP contribution is -2.49. The summed E-state index contributed by atoms with van der Waals surface area (Å²) in [5.41, 5.74) is 0.687. The summed E-state index contributed by atoms with van der Waals surface area (Å²) in [5.74, 6) is -2.39. The summed E-state index contributed by atoms with van der Waals surface area (Å²) in [6.07, 6.45) is 2.07. The molecule has 1 heterocycles. The summed E-state index contributed by atoms with van der Waals surface area (Å²) < 4.78 is 28.3. The summed E-state index contributed by atoms with van der Waals surface area (Å²) in [5, 5.41) is 15.8. The summed E-state index contributed by atoms with van der Waals surface area (Å²) in [6.45, 7) is -0.0504. The topological polar surface area (TPSA) is 83.4 Å². The number of aryl methyl sites for hydroxylation is 1. The highest BCUT2D eigenvalue weighted by Crippen LogP contribution is 2.25. The third-order valence-corrected chi connectivity index (χ3v) is 5.15. The van der Waals surface area contributed by atoms with E-state index in [-0.39, 0.29) is 30.3 Å². The molecule has 2 amide bonds. The number of nitrogens with zero attached hydrogens (tertiary/aromatic N) is 1. The van der Waals surface area contributed by atoms with E-state index in [1.54, 1.807) is 29.9 Å². The Labute approximate surface area is 161 Å². The van der Waals surface area contributed by atoms with Crippen LogP contribution in [0.2, 0.25) is 0 Å². The summed E-state index contributed by atoms with van der Waals surface area (Å²) in [6, 6.07) is 6.21. The second-order valence-electron chi connectivity index (χ2n) is 7.12. The number of amides is 2. The number of halogens is 2. The second kappa shape index (κ2) is 8.52. The molecule has 150 valence electrons. The minimum atomic E-state index is -0.851. The van der Waals surface area contributed by atoms with Crippen LogP contribution >= 0.6 is 0 Å². The lowest BCUT2D eigenvalue weighted by Gasteiger charge is -2.33. The van der Waals surface area contributed by atoms with E-state index in [1.165, 1.54) is 6.07 Å². The first-order chi connectivity index (χ1) is 13.3. The van der Waals surface area contributed by atoms with Crippen LogP contribution in [-0.2, 0) is 18.4 Å². The predicted molar refractivity (Wildman–Crippen MR) is 98.2 cm³/mol. The first kappa shape index (κ1) is 20.0. The highest BCUT2D eigenvalue weighted by atomic mass is 19.1. The number of hydrogen-bond acceptors (Lipinski definition) is 3. The Hall–Kier alpha value is -2.74. The number of benzene rings is 1. The Balaban J connectivity index is 1.51. The monoisotopic (exact) mass is 391 g/mol. The van der Waals surface area contributed by atoms with Crippen LogP contribution < -0.4 is 10.6 Å². The van der Waals surface area contributed by atoms with Crippen LogP contribution in [0.5, 0.6) is 0 Å². The fourth-order valence-electron chi connectivity index (χ4n) is 3.48. The SMILES string of the molecule is Cn1cccc1C(=O)N[C@H]1CC[C@H](C(=O)NCc2ccc(F)cc2F)C[C@@H]1O. The first-order valence-corrected chi connectivity index (χ1v) is 9.17. The van der Waals surface area contributed by atoms with Crippen LogP contribution in [0.4, 0.5) is 8.78 Å². The number of aliphatic hydroxyl groups is 1. The second-order valence-corrected chi connectivity index (χ2v) is 7.12. The van der Waals surface area contributed by atoms with Gasteiger partial charge in [0.2, 0.25) is 5.91 Å². The minimum Gasteiger partial charge on any atom is -0.391 e. The number of nitrogens with one attached hydrogen (secondary N) is 2. The molecule has 1 aromatic carbocycles. The van der Waals surface area contributed by atoms with Crippen molar-refractivity contribution in [3.63, 3.8) is 0 Å². The maximum atomic E-state index is 13.6. The molecule has 3 rings (SSSR count). The maximum absolute atomic E-state index is 13.6. The Morgan fingerprint density at radius 2 is 2.04 bits per heavy atom. The predicted octanol–water partition coefficient (Wildman–Crippen LogP) is 1.88. The lowest BCUT2D eigenvalue weighted by atomic mass is 9.83. The Kier molecular flexibility index (Phi) is 6.08. The first-order valence-electron chi connectivity index (χ1n) is 9.17. The normalized spacial score (nSPS) is 21.9. The van der Waals surface area contributed by atoms with Crippen molar-refractivity contribution in [3.05, 3.63) is 59.4 Å². The van der Waals surface area contributed by atoms with E-state index in [0.29, 0.717) is 18.5 Å². The molecule has 1 fully saturated rings. The lowest BCUT2D eigenvalue weighted by molar-refractivity contribution is -0.127. The molecule has 0 unspecified atom stereocenters. The van der Waals surface area contributed by atoms with Gasteiger partial charge in [-0.05, 0) is 37.5 Å². The molecule has 1 aliphatic rings. The zero-order chi connectivity index (χ0) is 20.3.